The minimum Gasteiger partial charge on any atom is -0.487 e. The maximum atomic E-state index is 6.27. The van der Waals surface area contributed by atoms with Crippen molar-refractivity contribution < 1.29 is 4.74 Å². The van der Waals surface area contributed by atoms with Gasteiger partial charge >= 0.3 is 0 Å². The van der Waals surface area contributed by atoms with Crippen molar-refractivity contribution in [2.45, 2.75) is 40.8 Å². The van der Waals surface area contributed by atoms with Crippen molar-refractivity contribution in [3.05, 3.63) is 94.3 Å². The van der Waals surface area contributed by atoms with E-state index >= 15 is 0 Å². The highest BCUT2D eigenvalue weighted by atomic mass is 16.5. The summed E-state index contributed by atoms with van der Waals surface area (Å²) < 4.78 is 8.59. The number of hydrogen-bond donors (Lipinski definition) is 0. The second-order valence-electron chi connectivity index (χ2n) is 7.57. The Morgan fingerprint density at radius 1 is 0.857 bits per heavy atom. The molecule has 3 heteroatoms. The molecule has 0 amide bonds. The number of fused-ring (bicyclic) bond motifs is 1. The summed E-state index contributed by atoms with van der Waals surface area (Å²) in [5.74, 6) is 0.884. The Kier molecular flexibility index (Phi) is 4.91. The predicted molar refractivity (Wildman–Crippen MR) is 115 cm³/mol. The minimum atomic E-state index is 0.550. The van der Waals surface area contributed by atoms with Crippen LogP contribution in [0.1, 0.15) is 33.5 Å². The van der Waals surface area contributed by atoms with Crippen LogP contribution in [0.25, 0.3) is 11.0 Å². The second-order valence-corrected chi connectivity index (χ2v) is 7.57. The molecular formula is C25H26N2O. The van der Waals surface area contributed by atoms with Gasteiger partial charge < -0.3 is 9.30 Å². The topological polar surface area (TPSA) is 27.1 Å². The van der Waals surface area contributed by atoms with Crippen molar-refractivity contribution in [2.24, 2.45) is 0 Å². The molecule has 2 aromatic carbocycles. The highest BCUT2D eigenvalue weighted by molar-refractivity contribution is 5.86. The van der Waals surface area contributed by atoms with Gasteiger partial charge in [0, 0.05) is 24.5 Å². The smallest absolute Gasteiger partial charge is 0.147 e. The number of ether oxygens (including phenoxy) is 1. The summed E-state index contributed by atoms with van der Waals surface area (Å²) in [6.45, 7) is 9.88. The molecule has 142 valence electrons. The first-order valence-electron chi connectivity index (χ1n) is 9.71. The third kappa shape index (κ3) is 3.53. The van der Waals surface area contributed by atoms with Gasteiger partial charge in [0.05, 0.1) is 5.52 Å². The summed E-state index contributed by atoms with van der Waals surface area (Å²) in [4.78, 5) is 4.65. The van der Waals surface area contributed by atoms with Gasteiger partial charge in [-0.05, 0) is 44.4 Å². The van der Waals surface area contributed by atoms with Crippen LogP contribution in [-0.4, -0.2) is 9.55 Å². The molecule has 0 N–H and O–H groups in total. The third-order valence-electron chi connectivity index (χ3n) is 5.40. The molecule has 4 rings (SSSR count). The van der Waals surface area contributed by atoms with E-state index in [1.54, 1.807) is 0 Å². The quantitative estimate of drug-likeness (QED) is 0.437. The summed E-state index contributed by atoms with van der Waals surface area (Å²) in [5, 5.41) is 0. The van der Waals surface area contributed by atoms with Crippen LogP contribution in [-0.2, 0) is 13.2 Å². The van der Waals surface area contributed by atoms with Crippen molar-refractivity contribution in [3.63, 3.8) is 0 Å². The van der Waals surface area contributed by atoms with E-state index in [0.717, 1.165) is 23.3 Å². The van der Waals surface area contributed by atoms with E-state index in [9.17, 15) is 0 Å². The van der Waals surface area contributed by atoms with Gasteiger partial charge in [-0.2, -0.15) is 0 Å². The number of pyridine rings is 1. The van der Waals surface area contributed by atoms with E-state index < -0.39 is 0 Å². The minimum absolute atomic E-state index is 0.550. The summed E-state index contributed by atoms with van der Waals surface area (Å²) >= 11 is 0. The molecule has 0 bridgehead atoms. The zero-order valence-electron chi connectivity index (χ0n) is 17.0. The fourth-order valence-corrected chi connectivity index (χ4v) is 3.67. The van der Waals surface area contributed by atoms with E-state index in [1.165, 1.54) is 33.5 Å². The Morgan fingerprint density at radius 3 is 2.39 bits per heavy atom. The lowest BCUT2D eigenvalue weighted by Gasteiger charge is -2.13. The number of aromatic nitrogens is 2. The van der Waals surface area contributed by atoms with Crippen molar-refractivity contribution in [1.82, 2.24) is 9.55 Å². The molecule has 0 aliphatic rings. The molecule has 0 unspecified atom stereocenters. The Bertz CT molecular complexity index is 1120. The Morgan fingerprint density at radius 2 is 1.64 bits per heavy atom. The van der Waals surface area contributed by atoms with Crippen molar-refractivity contribution in [2.75, 3.05) is 0 Å². The maximum absolute atomic E-state index is 6.27. The van der Waals surface area contributed by atoms with Crippen LogP contribution in [0.4, 0.5) is 0 Å². The number of rotatable bonds is 5. The molecule has 3 nitrogen and oxygen atoms in total. The van der Waals surface area contributed by atoms with Gasteiger partial charge in [-0.3, -0.25) is 4.98 Å². The Balaban J connectivity index is 1.72. The van der Waals surface area contributed by atoms with Crippen molar-refractivity contribution in [1.29, 1.82) is 0 Å². The summed E-state index contributed by atoms with van der Waals surface area (Å²) in [5.41, 5.74) is 9.51. The molecule has 2 aromatic heterocycles. The zero-order valence-corrected chi connectivity index (χ0v) is 17.0. The van der Waals surface area contributed by atoms with Crippen LogP contribution < -0.4 is 4.74 Å². The molecule has 0 aliphatic carbocycles. The molecule has 0 radical (unpaired) electrons. The van der Waals surface area contributed by atoms with Gasteiger partial charge in [-0.15, -0.1) is 0 Å². The molecule has 0 fully saturated rings. The Hall–Kier alpha value is -3.07. The van der Waals surface area contributed by atoms with Crippen LogP contribution in [0, 0.1) is 27.7 Å². The molecular weight excluding hydrogens is 344 g/mol. The third-order valence-corrected chi connectivity index (χ3v) is 5.40. The number of nitrogens with zero attached hydrogens (tertiary/aromatic N) is 2. The fraction of sp³-hybridized carbons (Fsp3) is 0.240. The van der Waals surface area contributed by atoms with Crippen LogP contribution in [0.2, 0.25) is 0 Å². The van der Waals surface area contributed by atoms with Gasteiger partial charge in [0.2, 0.25) is 0 Å². The normalized spacial score (nSPS) is 11.1. The molecule has 28 heavy (non-hydrogen) atoms. The van der Waals surface area contributed by atoms with Crippen LogP contribution in [0.15, 0.2) is 60.8 Å². The fourth-order valence-electron chi connectivity index (χ4n) is 3.67. The first kappa shape index (κ1) is 18.3. The lowest BCUT2D eigenvalue weighted by atomic mass is 10.1. The average Bonchev–Trinajstić information content (AvgIpc) is 2.94. The van der Waals surface area contributed by atoms with Gasteiger partial charge in [0.1, 0.15) is 17.9 Å². The molecule has 0 aliphatic heterocycles. The summed E-state index contributed by atoms with van der Waals surface area (Å²) in [7, 11) is 0. The maximum Gasteiger partial charge on any atom is 0.147 e. The van der Waals surface area contributed by atoms with Gasteiger partial charge in [0.25, 0.3) is 0 Å². The van der Waals surface area contributed by atoms with E-state index in [2.05, 4.69) is 85.8 Å². The Labute approximate surface area is 166 Å². The molecule has 2 heterocycles. The van der Waals surface area contributed by atoms with Crippen LogP contribution in [0.5, 0.6) is 5.75 Å². The molecule has 4 aromatic rings. The van der Waals surface area contributed by atoms with Crippen molar-refractivity contribution >= 4 is 11.0 Å². The van der Waals surface area contributed by atoms with Crippen molar-refractivity contribution in [3.8, 4) is 5.75 Å². The molecule has 0 saturated carbocycles. The second kappa shape index (κ2) is 7.51. The summed E-state index contributed by atoms with van der Waals surface area (Å²) in [6, 6.07) is 19.1. The lowest BCUT2D eigenvalue weighted by Crippen LogP contribution is -2.04. The van der Waals surface area contributed by atoms with Crippen LogP contribution in [0.3, 0.4) is 0 Å². The van der Waals surface area contributed by atoms with E-state index in [1.807, 2.05) is 12.3 Å². The predicted octanol–water partition coefficient (Wildman–Crippen LogP) is 5.90. The van der Waals surface area contributed by atoms with Crippen LogP contribution >= 0.6 is 0 Å². The lowest BCUT2D eigenvalue weighted by molar-refractivity contribution is 0.308. The standard InChI is InChI=1S/C25H26N2O/c1-17-8-10-21(11-9-17)15-27-20(4)19(3)24-25(27)23(12-13-26-24)28-16-22-7-5-6-18(2)14-22/h5-14H,15-16H2,1-4H3. The van der Waals surface area contributed by atoms with Gasteiger partial charge in [-0.25, -0.2) is 0 Å². The molecule has 0 saturated heterocycles. The van der Waals surface area contributed by atoms with Gasteiger partial charge in [-0.1, -0.05) is 59.7 Å². The summed E-state index contributed by atoms with van der Waals surface area (Å²) in [6.07, 6.45) is 1.84. The molecule has 0 spiro atoms. The average molecular weight is 370 g/mol. The molecule has 0 atom stereocenters. The monoisotopic (exact) mass is 370 g/mol. The number of hydrogen-bond acceptors (Lipinski definition) is 2. The number of aryl methyl sites for hydroxylation is 3. The zero-order chi connectivity index (χ0) is 19.7. The first-order chi connectivity index (χ1) is 13.5. The number of benzene rings is 2. The largest absolute Gasteiger partial charge is 0.487 e. The SMILES string of the molecule is Cc1ccc(Cn2c(C)c(C)c3nccc(OCc4cccc(C)c4)c32)cc1. The van der Waals surface area contributed by atoms with E-state index in [4.69, 9.17) is 4.74 Å². The first-order valence-corrected chi connectivity index (χ1v) is 9.71. The highest BCUT2D eigenvalue weighted by Crippen LogP contribution is 2.32. The van der Waals surface area contributed by atoms with Gasteiger partial charge in [0.15, 0.2) is 0 Å². The van der Waals surface area contributed by atoms with E-state index in [-0.39, 0.29) is 0 Å². The highest BCUT2D eigenvalue weighted by Gasteiger charge is 2.16. The van der Waals surface area contributed by atoms with E-state index in [0.29, 0.717) is 6.61 Å².